The van der Waals surface area contributed by atoms with Crippen LogP contribution in [-0.4, -0.2) is 101 Å². The van der Waals surface area contributed by atoms with Gasteiger partial charge in [0.1, 0.15) is 12.6 Å². The summed E-state index contributed by atoms with van der Waals surface area (Å²) in [6.07, 6.45) is 10.0. The Balaban J connectivity index is 1.28. The fourth-order valence-electron chi connectivity index (χ4n) is 5.70. The highest BCUT2D eigenvalue weighted by atomic mass is 16.5. The highest BCUT2D eigenvalue weighted by Gasteiger charge is 2.31. The first kappa shape index (κ1) is 25.2. The van der Waals surface area contributed by atoms with Crippen LogP contribution < -0.4 is 14.4 Å². The van der Waals surface area contributed by atoms with Crippen LogP contribution in [0.15, 0.2) is 12.5 Å². The summed E-state index contributed by atoms with van der Waals surface area (Å²) in [6.45, 7) is 6.50. The van der Waals surface area contributed by atoms with Gasteiger partial charge >= 0.3 is 6.01 Å². The number of anilines is 1. The predicted octanol–water partition coefficient (Wildman–Crippen LogP) is 2.69. The minimum Gasteiger partial charge on any atom is -0.480 e. The highest BCUT2D eigenvalue weighted by molar-refractivity contribution is 5.87. The van der Waals surface area contributed by atoms with E-state index < -0.39 is 0 Å². The van der Waals surface area contributed by atoms with Crippen LogP contribution >= 0.6 is 0 Å². The number of methoxy groups -OCH3 is 2. The molecule has 0 saturated carbocycles. The molecule has 0 spiro atoms. The van der Waals surface area contributed by atoms with E-state index in [0.29, 0.717) is 23.9 Å². The second-order valence-electron chi connectivity index (χ2n) is 10.1. The van der Waals surface area contributed by atoms with Crippen molar-refractivity contribution < 1.29 is 18.9 Å². The van der Waals surface area contributed by atoms with Crippen molar-refractivity contribution in [1.29, 1.82) is 0 Å². The average Bonchev–Trinajstić information content (AvgIpc) is 3.73. The van der Waals surface area contributed by atoms with Gasteiger partial charge < -0.3 is 28.7 Å². The van der Waals surface area contributed by atoms with Gasteiger partial charge in [-0.25, -0.2) is 19.9 Å². The smallest absolute Gasteiger partial charge is 0.319 e. The Morgan fingerprint density at radius 3 is 2.66 bits per heavy atom. The molecule has 0 N–H and O–H groups in total. The van der Waals surface area contributed by atoms with Crippen LogP contribution in [0, 0.1) is 0 Å². The summed E-state index contributed by atoms with van der Waals surface area (Å²) in [6, 6.07) is 0.231. The van der Waals surface area contributed by atoms with E-state index in [4.69, 9.17) is 23.9 Å². The maximum atomic E-state index is 6.28. The zero-order valence-corrected chi connectivity index (χ0v) is 22.2. The average molecular weight is 525 g/mol. The van der Waals surface area contributed by atoms with Gasteiger partial charge in [0.2, 0.25) is 5.88 Å². The minimum atomic E-state index is -0.186. The van der Waals surface area contributed by atoms with E-state index in [1.807, 2.05) is 4.57 Å². The fraction of sp³-hybridized carbons (Fsp3) is 0.654. The normalized spacial score (nSPS) is 22.4. The maximum Gasteiger partial charge on any atom is 0.319 e. The summed E-state index contributed by atoms with van der Waals surface area (Å²) in [4.78, 5) is 27.8. The molecule has 0 amide bonds. The van der Waals surface area contributed by atoms with Gasteiger partial charge in [-0.15, -0.1) is 0 Å². The van der Waals surface area contributed by atoms with Gasteiger partial charge in [-0.05, 0) is 45.2 Å². The number of likely N-dealkylation sites (tertiary alicyclic amines) is 1. The zero-order valence-electron chi connectivity index (χ0n) is 22.2. The Hall–Kier alpha value is -3.09. The van der Waals surface area contributed by atoms with Gasteiger partial charge in [0, 0.05) is 32.4 Å². The molecule has 3 aliphatic rings. The van der Waals surface area contributed by atoms with Gasteiger partial charge in [0.05, 0.1) is 32.5 Å². The summed E-state index contributed by atoms with van der Waals surface area (Å²) in [5.74, 6) is 1.83. The molecule has 38 heavy (non-hydrogen) atoms. The number of fused-ring (bicyclic) bond motifs is 1. The predicted molar refractivity (Wildman–Crippen MR) is 141 cm³/mol. The lowest BCUT2D eigenvalue weighted by atomic mass is 10.1. The third-order valence-corrected chi connectivity index (χ3v) is 7.65. The lowest BCUT2D eigenvalue weighted by Gasteiger charge is -2.26. The van der Waals surface area contributed by atoms with Crippen LogP contribution in [0.2, 0.25) is 0 Å². The molecule has 3 fully saturated rings. The van der Waals surface area contributed by atoms with Crippen molar-refractivity contribution in [2.75, 3.05) is 65.1 Å². The zero-order chi connectivity index (χ0) is 25.9. The van der Waals surface area contributed by atoms with Crippen LogP contribution in [0.4, 0.5) is 5.82 Å². The molecule has 2 unspecified atom stereocenters. The molecule has 3 aromatic rings. The first-order chi connectivity index (χ1) is 18.7. The van der Waals surface area contributed by atoms with Gasteiger partial charge in [0.15, 0.2) is 22.8 Å². The molecular formula is C26H36N8O4. The molecule has 12 nitrogen and oxygen atoms in total. The quantitative estimate of drug-likeness (QED) is 0.412. The van der Waals surface area contributed by atoms with E-state index in [1.54, 1.807) is 19.6 Å². The van der Waals surface area contributed by atoms with Crippen molar-refractivity contribution in [2.45, 2.75) is 50.9 Å². The lowest BCUT2D eigenvalue weighted by molar-refractivity contribution is 0.0467. The van der Waals surface area contributed by atoms with Gasteiger partial charge in [0.25, 0.3) is 0 Å². The summed E-state index contributed by atoms with van der Waals surface area (Å²) < 4.78 is 25.2. The number of piperidine rings is 1. The largest absolute Gasteiger partial charge is 0.480 e. The van der Waals surface area contributed by atoms with Crippen molar-refractivity contribution in [3.8, 4) is 23.3 Å². The van der Waals surface area contributed by atoms with Gasteiger partial charge in [-0.2, -0.15) is 4.98 Å². The molecule has 3 saturated heterocycles. The van der Waals surface area contributed by atoms with E-state index in [0.717, 1.165) is 62.5 Å². The van der Waals surface area contributed by atoms with Crippen molar-refractivity contribution in [2.24, 2.45) is 0 Å². The number of hydrogen-bond donors (Lipinski definition) is 0. The summed E-state index contributed by atoms with van der Waals surface area (Å²) in [7, 11) is 3.10. The number of imidazole rings is 1. The van der Waals surface area contributed by atoms with Crippen LogP contribution in [0.1, 0.15) is 44.8 Å². The molecule has 0 aliphatic carbocycles. The van der Waals surface area contributed by atoms with Crippen molar-refractivity contribution in [1.82, 2.24) is 34.4 Å². The van der Waals surface area contributed by atoms with Crippen molar-refractivity contribution in [3.05, 3.63) is 12.5 Å². The number of ether oxygens (including phenoxy) is 4. The molecule has 204 valence electrons. The topological polar surface area (TPSA) is 113 Å². The Labute approximate surface area is 222 Å². The Kier molecular flexibility index (Phi) is 7.52. The van der Waals surface area contributed by atoms with Gasteiger partial charge in [-0.1, -0.05) is 6.42 Å². The van der Waals surface area contributed by atoms with E-state index in [9.17, 15) is 0 Å². The minimum absolute atomic E-state index is 0.180. The van der Waals surface area contributed by atoms with Crippen LogP contribution in [-0.2, 0) is 9.47 Å². The van der Waals surface area contributed by atoms with Crippen molar-refractivity contribution >= 4 is 17.0 Å². The first-order valence-corrected chi connectivity index (χ1v) is 13.6. The summed E-state index contributed by atoms with van der Waals surface area (Å²) >= 11 is 0. The van der Waals surface area contributed by atoms with Crippen LogP contribution in [0.25, 0.3) is 22.6 Å². The third kappa shape index (κ3) is 4.99. The molecule has 2 atom stereocenters. The SMILES string of the molecule is COc1ncc(-c2nc3c(N4CCC(OCCN5CCCCC5)C4)ncnc3n2C2CCCO2)c(OC)n1. The Bertz CT molecular complexity index is 1240. The van der Waals surface area contributed by atoms with Crippen molar-refractivity contribution in [3.63, 3.8) is 0 Å². The van der Waals surface area contributed by atoms with Crippen LogP contribution in [0.5, 0.6) is 11.9 Å². The number of rotatable bonds is 9. The van der Waals surface area contributed by atoms with E-state index in [-0.39, 0.29) is 18.3 Å². The van der Waals surface area contributed by atoms with E-state index in [1.165, 1.54) is 39.5 Å². The van der Waals surface area contributed by atoms with Gasteiger partial charge in [-0.3, -0.25) is 4.57 Å². The molecule has 6 rings (SSSR count). The van der Waals surface area contributed by atoms with E-state index >= 15 is 0 Å². The Morgan fingerprint density at radius 1 is 0.974 bits per heavy atom. The third-order valence-electron chi connectivity index (χ3n) is 7.65. The summed E-state index contributed by atoms with van der Waals surface area (Å²) in [5, 5.41) is 0. The molecule has 3 aliphatic heterocycles. The highest BCUT2D eigenvalue weighted by Crippen LogP contribution is 2.38. The number of hydrogen-bond acceptors (Lipinski definition) is 11. The monoisotopic (exact) mass is 524 g/mol. The van der Waals surface area contributed by atoms with E-state index in [2.05, 4.69) is 29.7 Å². The molecule has 12 heteroatoms. The lowest BCUT2D eigenvalue weighted by Crippen LogP contribution is -2.34. The molecule has 3 aromatic heterocycles. The second-order valence-corrected chi connectivity index (χ2v) is 10.1. The molecule has 6 heterocycles. The number of aromatic nitrogens is 6. The second kappa shape index (κ2) is 11.3. The molecule has 0 bridgehead atoms. The molecular weight excluding hydrogens is 488 g/mol. The number of nitrogens with zero attached hydrogens (tertiary/aromatic N) is 8. The molecule has 0 aromatic carbocycles. The standard InChI is InChI=1S/C26H36N8O4/c1-35-25-19(15-27-26(31-25)36-2)22-30-21-23(28-17-29-24(21)34(22)20-7-6-13-38-20)33-11-8-18(16-33)37-14-12-32-9-4-3-5-10-32/h15,17-18,20H,3-14,16H2,1-2H3. The fourth-order valence-corrected chi connectivity index (χ4v) is 5.70. The maximum absolute atomic E-state index is 6.28. The summed E-state index contributed by atoms with van der Waals surface area (Å²) in [5.41, 5.74) is 2.10. The molecule has 0 radical (unpaired) electrons. The van der Waals surface area contributed by atoms with Crippen LogP contribution in [0.3, 0.4) is 0 Å². The Morgan fingerprint density at radius 2 is 1.87 bits per heavy atom. The first-order valence-electron chi connectivity index (χ1n) is 13.6.